The number of unbranched alkanes of at least 4 members (excludes halogenated alkanes) is 2. The van der Waals surface area contributed by atoms with Crippen LogP contribution in [0.5, 0.6) is 5.75 Å². The predicted octanol–water partition coefficient (Wildman–Crippen LogP) is 1.20. The van der Waals surface area contributed by atoms with Gasteiger partial charge < -0.3 is 25.6 Å². The highest BCUT2D eigenvalue weighted by Crippen LogP contribution is 2.23. The number of carbonyl (C=O) groups is 5. The highest BCUT2D eigenvalue weighted by Gasteiger charge is 2.41. The van der Waals surface area contributed by atoms with Gasteiger partial charge in [-0.1, -0.05) is 45.2 Å². The van der Waals surface area contributed by atoms with E-state index in [1.807, 2.05) is 26.0 Å². The van der Waals surface area contributed by atoms with Crippen LogP contribution in [-0.4, -0.2) is 77.5 Å². The van der Waals surface area contributed by atoms with E-state index in [2.05, 4.69) is 16.0 Å². The van der Waals surface area contributed by atoms with Crippen molar-refractivity contribution in [3.8, 4) is 5.75 Å². The lowest BCUT2D eigenvalue weighted by Crippen LogP contribution is -2.62. The Labute approximate surface area is 240 Å². The molecule has 12 heteroatoms. The summed E-state index contributed by atoms with van der Waals surface area (Å²) < 4.78 is 5.22. The summed E-state index contributed by atoms with van der Waals surface area (Å²) in [6, 6.07) is 3.68. The van der Waals surface area contributed by atoms with Crippen molar-refractivity contribution in [1.29, 1.82) is 0 Å². The fraction of sp³-hybridized carbons (Fsp3) is 0.621. The molecule has 41 heavy (non-hydrogen) atoms. The van der Waals surface area contributed by atoms with E-state index in [0.29, 0.717) is 50.8 Å². The van der Waals surface area contributed by atoms with Crippen LogP contribution in [-0.2, 0) is 30.4 Å². The third-order valence-corrected chi connectivity index (χ3v) is 8.00. The smallest absolute Gasteiger partial charge is 0.246 e. The summed E-state index contributed by atoms with van der Waals surface area (Å²) in [5.74, 6) is -1.66. The van der Waals surface area contributed by atoms with Gasteiger partial charge in [0.05, 0.1) is 7.11 Å². The number of benzene rings is 1. The van der Waals surface area contributed by atoms with Gasteiger partial charge in [0.15, 0.2) is 0 Å². The van der Waals surface area contributed by atoms with Crippen molar-refractivity contribution in [3.63, 3.8) is 0 Å². The van der Waals surface area contributed by atoms with Crippen LogP contribution in [0.4, 0.5) is 0 Å². The molecular weight excluding hydrogens is 530 g/mol. The molecule has 2 heterocycles. The molecule has 0 unspecified atom stereocenters. The Morgan fingerprint density at radius 1 is 1.02 bits per heavy atom. The molecule has 0 aromatic heterocycles. The number of fused-ring (bicyclic) bond motifs is 1. The van der Waals surface area contributed by atoms with Gasteiger partial charge in [-0.25, -0.2) is 5.48 Å². The van der Waals surface area contributed by atoms with E-state index < -0.39 is 47.8 Å². The number of rotatable bonds is 11. The van der Waals surface area contributed by atoms with Gasteiger partial charge in [-0.2, -0.15) is 0 Å². The van der Waals surface area contributed by atoms with E-state index in [4.69, 9.17) is 9.94 Å². The summed E-state index contributed by atoms with van der Waals surface area (Å²) in [6.07, 6.45) is 3.97. The number of nitrogens with zero attached hydrogens (tertiary/aromatic N) is 1. The highest BCUT2D eigenvalue weighted by molar-refractivity contribution is 5.98. The van der Waals surface area contributed by atoms with Crippen LogP contribution in [0.25, 0.3) is 0 Å². The summed E-state index contributed by atoms with van der Waals surface area (Å²) >= 11 is 0. The van der Waals surface area contributed by atoms with E-state index in [-0.39, 0.29) is 31.1 Å². The van der Waals surface area contributed by atoms with Crippen molar-refractivity contribution in [1.82, 2.24) is 26.3 Å². The van der Waals surface area contributed by atoms with E-state index in [9.17, 15) is 24.0 Å². The van der Waals surface area contributed by atoms with Crippen LogP contribution in [0.1, 0.15) is 70.8 Å². The molecule has 0 radical (unpaired) electrons. The maximum Gasteiger partial charge on any atom is 0.246 e. The Hall–Kier alpha value is -3.67. The van der Waals surface area contributed by atoms with Gasteiger partial charge in [-0.3, -0.25) is 29.2 Å². The minimum Gasteiger partial charge on any atom is -0.497 e. The van der Waals surface area contributed by atoms with Crippen LogP contribution >= 0.6 is 0 Å². The van der Waals surface area contributed by atoms with Crippen molar-refractivity contribution in [2.45, 2.75) is 95.8 Å². The second kappa shape index (κ2) is 15.4. The Kier molecular flexibility index (Phi) is 11.9. The number of methoxy groups -OCH3 is 1. The van der Waals surface area contributed by atoms with Crippen molar-refractivity contribution in [3.05, 3.63) is 29.8 Å². The average Bonchev–Trinajstić information content (AvgIpc) is 3.48. The van der Waals surface area contributed by atoms with E-state index in [1.165, 1.54) is 4.90 Å². The second-order valence-corrected chi connectivity index (χ2v) is 10.9. The summed E-state index contributed by atoms with van der Waals surface area (Å²) in [5.41, 5.74) is 2.38. The van der Waals surface area contributed by atoms with Crippen LogP contribution in [0.15, 0.2) is 24.3 Å². The molecule has 1 aromatic rings. The zero-order valence-corrected chi connectivity index (χ0v) is 24.1. The first-order valence-corrected chi connectivity index (χ1v) is 14.5. The maximum absolute atomic E-state index is 13.7. The second-order valence-electron chi connectivity index (χ2n) is 10.9. The molecular formula is C29H43N5O7. The summed E-state index contributed by atoms with van der Waals surface area (Å²) in [4.78, 5) is 67.2. The lowest BCUT2D eigenvalue weighted by atomic mass is 9.95. The molecule has 226 valence electrons. The monoisotopic (exact) mass is 573 g/mol. The van der Waals surface area contributed by atoms with Gasteiger partial charge in [0.1, 0.15) is 29.9 Å². The number of amides is 5. The maximum atomic E-state index is 13.7. The van der Waals surface area contributed by atoms with Crippen molar-refractivity contribution >= 4 is 29.5 Å². The number of carbonyl (C=O) groups excluding carboxylic acids is 5. The Balaban J connectivity index is 1.88. The predicted molar refractivity (Wildman–Crippen MR) is 150 cm³/mol. The molecule has 5 amide bonds. The van der Waals surface area contributed by atoms with Gasteiger partial charge in [-0.05, 0) is 49.3 Å². The average molecular weight is 574 g/mol. The molecule has 5 N–H and O–H groups in total. The molecule has 1 aromatic carbocycles. The van der Waals surface area contributed by atoms with E-state index in [1.54, 1.807) is 24.7 Å². The molecule has 0 saturated carbocycles. The SMILES string of the molecule is CC[C@H](C)[C@@H]1NC(=O)[C@@H](Cc2ccc(OC)cc2)NC(=O)[C@H](CCCCCC(=O)NO)NC(=O)[C@@H]2CCCN2C1=O. The van der Waals surface area contributed by atoms with Crippen molar-refractivity contribution in [2.24, 2.45) is 5.92 Å². The van der Waals surface area contributed by atoms with Gasteiger partial charge >= 0.3 is 0 Å². The first kappa shape index (κ1) is 31.9. The lowest BCUT2D eigenvalue weighted by Gasteiger charge is -2.34. The number of ether oxygens (including phenoxy) is 1. The fourth-order valence-electron chi connectivity index (χ4n) is 5.30. The molecule has 0 bridgehead atoms. The van der Waals surface area contributed by atoms with Crippen LogP contribution in [0.2, 0.25) is 0 Å². The summed E-state index contributed by atoms with van der Waals surface area (Å²) in [6.45, 7) is 4.22. The standard InChI is InChI=1S/C29H43N5O7/c1-4-18(2)25-29(39)34-16-8-10-23(34)28(38)30-21(9-6-5-7-11-24(35)33-40)26(36)31-22(27(37)32-25)17-19-12-14-20(41-3)15-13-19/h12-15,18,21-23,25,40H,4-11,16-17H2,1-3H3,(H,30,38)(H,31,36)(H,32,37)(H,33,35)/t18-,21-,22+,23-,25-/m0/s1. The molecule has 12 nitrogen and oxygen atoms in total. The molecule has 0 aliphatic carbocycles. The highest BCUT2D eigenvalue weighted by atomic mass is 16.5. The minimum atomic E-state index is -0.989. The van der Waals surface area contributed by atoms with Gasteiger partial charge in [0.25, 0.3) is 0 Å². The number of hydrogen-bond donors (Lipinski definition) is 5. The quantitative estimate of drug-likeness (QED) is 0.151. The summed E-state index contributed by atoms with van der Waals surface area (Å²) in [7, 11) is 1.56. The van der Waals surface area contributed by atoms with Crippen LogP contribution in [0.3, 0.4) is 0 Å². The minimum absolute atomic E-state index is 0.139. The molecule has 2 fully saturated rings. The van der Waals surface area contributed by atoms with Crippen molar-refractivity contribution < 1.29 is 33.9 Å². The van der Waals surface area contributed by atoms with E-state index >= 15 is 0 Å². The van der Waals surface area contributed by atoms with Gasteiger partial charge in [-0.15, -0.1) is 0 Å². The largest absolute Gasteiger partial charge is 0.497 e. The van der Waals surface area contributed by atoms with Crippen LogP contribution in [0, 0.1) is 5.92 Å². The molecule has 3 rings (SSSR count). The third kappa shape index (κ3) is 8.66. The molecule has 0 spiro atoms. The van der Waals surface area contributed by atoms with Crippen molar-refractivity contribution in [2.75, 3.05) is 13.7 Å². The first-order valence-electron chi connectivity index (χ1n) is 14.5. The topological polar surface area (TPSA) is 166 Å². The molecule has 2 aliphatic rings. The lowest BCUT2D eigenvalue weighted by molar-refractivity contribution is -0.144. The Morgan fingerprint density at radius 2 is 1.71 bits per heavy atom. The molecule has 2 saturated heterocycles. The normalized spacial score (nSPS) is 24.2. The Bertz CT molecular complexity index is 1080. The zero-order valence-electron chi connectivity index (χ0n) is 24.1. The van der Waals surface area contributed by atoms with Gasteiger partial charge in [0, 0.05) is 19.4 Å². The molecule has 5 atom stereocenters. The molecule has 2 aliphatic heterocycles. The number of hydroxylamine groups is 1. The Morgan fingerprint density at radius 3 is 2.37 bits per heavy atom. The number of nitrogens with one attached hydrogen (secondary N) is 4. The van der Waals surface area contributed by atoms with Crippen LogP contribution < -0.4 is 26.2 Å². The zero-order chi connectivity index (χ0) is 29.9. The first-order chi connectivity index (χ1) is 19.7. The number of hydrogen-bond acceptors (Lipinski definition) is 7. The van der Waals surface area contributed by atoms with Gasteiger partial charge in [0.2, 0.25) is 29.5 Å². The van der Waals surface area contributed by atoms with E-state index in [0.717, 1.165) is 5.56 Å². The fourth-order valence-corrected chi connectivity index (χ4v) is 5.30. The summed E-state index contributed by atoms with van der Waals surface area (Å²) in [5, 5.41) is 17.3. The third-order valence-electron chi connectivity index (χ3n) is 8.00.